The number of hydrogen-bond acceptors (Lipinski definition) is 6. The summed E-state index contributed by atoms with van der Waals surface area (Å²) in [7, 11) is 1.84. The summed E-state index contributed by atoms with van der Waals surface area (Å²) in [5.74, 6) is -0.909. The normalized spacial score (nSPS) is 22.5. The van der Waals surface area contributed by atoms with E-state index in [0.717, 1.165) is 21.6 Å². The summed E-state index contributed by atoms with van der Waals surface area (Å²) in [4.78, 5) is 42.2. The second kappa shape index (κ2) is 8.43. The van der Waals surface area contributed by atoms with Gasteiger partial charge in [0, 0.05) is 42.9 Å². The molecule has 3 heterocycles. The molecule has 2 atom stereocenters. The lowest BCUT2D eigenvalue weighted by Gasteiger charge is -2.27. The maximum absolute atomic E-state index is 13.8. The lowest BCUT2D eigenvalue weighted by molar-refractivity contribution is -0.143. The molecule has 1 fully saturated rings. The number of carbonyl (C=O) groups excluding carboxylic acids is 3. The van der Waals surface area contributed by atoms with Crippen LogP contribution in [0.1, 0.15) is 30.0 Å². The van der Waals surface area contributed by atoms with Crippen molar-refractivity contribution >= 4 is 17.9 Å². The van der Waals surface area contributed by atoms with Crippen molar-refractivity contribution in [1.29, 1.82) is 0 Å². The van der Waals surface area contributed by atoms with Gasteiger partial charge in [0.2, 0.25) is 11.5 Å². The quantitative estimate of drug-likeness (QED) is 0.544. The topological polar surface area (TPSA) is 94.0 Å². The fraction of sp³-hybridized carbons (Fsp3) is 0.333. The molecule has 3 aromatic rings. The van der Waals surface area contributed by atoms with Crippen LogP contribution in [0.4, 0.5) is 9.18 Å². The van der Waals surface area contributed by atoms with Crippen LogP contribution in [-0.2, 0) is 39.9 Å². The van der Waals surface area contributed by atoms with E-state index in [1.807, 2.05) is 31.4 Å². The third kappa shape index (κ3) is 3.75. The van der Waals surface area contributed by atoms with E-state index in [9.17, 15) is 18.8 Å². The molecule has 1 saturated heterocycles. The SMILES string of the molecule is C[C@@H]1COc2ccc(F)cc2CN1C(=O)CN1C(=O)OC2(CCc3cc(-c4cnn(C)c4)ccc32)C1=O. The fourth-order valence-corrected chi connectivity index (χ4v) is 5.42. The van der Waals surface area contributed by atoms with Gasteiger partial charge in [-0.25, -0.2) is 14.1 Å². The van der Waals surface area contributed by atoms with Gasteiger partial charge in [-0.3, -0.25) is 14.3 Å². The van der Waals surface area contributed by atoms with Crippen LogP contribution in [0.2, 0.25) is 0 Å². The molecule has 10 heteroatoms. The van der Waals surface area contributed by atoms with Gasteiger partial charge in [0.25, 0.3) is 5.91 Å². The molecule has 2 aromatic carbocycles. The number of amides is 3. The first kappa shape index (κ1) is 23.2. The summed E-state index contributed by atoms with van der Waals surface area (Å²) in [5.41, 5.74) is 2.58. The maximum atomic E-state index is 13.8. The Morgan fingerprint density at radius 3 is 2.78 bits per heavy atom. The van der Waals surface area contributed by atoms with Crippen LogP contribution >= 0.6 is 0 Å². The van der Waals surface area contributed by atoms with Crippen molar-refractivity contribution in [3.8, 4) is 16.9 Å². The highest BCUT2D eigenvalue weighted by Crippen LogP contribution is 2.46. The molecule has 3 amide bonds. The zero-order valence-corrected chi connectivity index (χ0v) is 20.4. The molecule has 9 nitrogen and oxygen atoms in total. The van der Waals surface area contributed by atoms with Gasteiger partial charge in [0.05, 0.1) is 12.2 Å². The van der Waals surface area contributed by atoms with Crippen molar-refractivity contribution in [2.45, 2.75) is 38.0 Å². The minimum Gasteiger partial charge on any atom is -0.491 e. The molecule has 6 rings (SSSR count). The number of benzene rings is 2. The average Bonchev–Trinajstić information content (AvgIpc) is 3.50. The number of fused-ring (bicyclic) bond motifs is 3. The molecule has 3 aliphatic rings. The third-order valence-corrected chi connectivity index (χ3v) is 7.39. The van der Waals surface area contributed by atoms with Crippen molar-refractivity contribution in [2.75, 3.05) is 13.2 Å². The van der Waals surface area contributed by atoms with Gasteiger partial charge in [-0.15, -0.1) is 0 Å². The molecule has 37 heavy (non-hydrogen) atoms. The largest absolute Gasteiger partial charge is 0.491 e. The molecule has 1 aliphatic carbocycles. The van der Waals surface area contributed by atoms with Crippen molar-refractivity contribution < 1.29 is 28.2 Å². The lowest BCUT2D eigenvalue weighted by atomic mass is 9.93. The molecular formula is C27H25FN4O5. The van der Waals surface area contributed by atoms with Crippen molar-refractivity contribution in [1.82, 2.24) is 19.6 Å². The van der Waals surface area contributed by atoms with Crippen LogP contribution in [0.15, 0.2) is 48.8 Å². The highest BCUT2D eigenvalue weighted by atomic mass is 19.1. The standard InChI is InChI=1S/C27H25FN4O5/c1-16-15-36-23-6-4-21(28)10-19(23)13-31(16)24(33)14-32-25(34)27(37-26(32)35)8-7-18-9-17(3-5-22(18)27)20-11-29-30(2)12-20/h3-6,9-12,16H,7-8,13-15H2,1-2H3/t16-,27?/m1/s1. The van der Waals surface area contributed by atoms with Gasteiger partial charge < -0.3 is 14.4 Å². The molecule has 190 valence electrons. The first-order chi connectivity index (χ1) is 17.7. The molecule has 1 aromatic heterocycles. The maximum Gasteiger partial charge on any atom is 0.418 e. The summed E-state index contributed by atoms with van der Waals surface area (Å²) in [6.07, 6.45) is 3.71. The van der Waals surface area contributed by atoms with Gasteiger partial charge in [0.1, 0.15) is 24.7 Å². The van der Waals surface area contributed by atoms with Gasteiger partial charge in [-0.2, -0.15) is 5.10 Å². The third-order valence-electron chi connectivity index (χ3n) is 7.39. The van der Waals surface area contributed by atoms with Crippen LogP contribution in [0.25, 0.3) is 11.1 Å². The molecule has 2 aliphatic heterocycles. The van der Waals surface area contributed by atoms with Gasteiger partial charge >= 0.3 is 6.09 Å². The number of nitrogens with zero attached hydrogens (tertiary/aromatic N) is 4. The lowest BCUT2D eigenvalue weighted by Crippen LogP contribution is -2.47. The van der Waals surface area contributed by atoms with E-state index in [0.29, 0.717) is 29.7 Å². The van der Waals surface area contributed by atoms with Crippen LogP contribution < -0.4 is 4.74 Å². The molecule has 0 bridgehead atoms. The average molecular weight is 505 g/mol. The number of aryl methyl sites for hydroxylation is 2. The Balaban J connectivity index is 1.23. The first-order valence-corrected chi connectivity index (χ1v) is 12.1. The van der Waals surface area contributed by atoms with Crippen molar-refractivity contribution in [3.63, 3.8) is 0 Å². The molecule has 1 spiro atoms. The molecule has 0 saturated carbocycles. The van der Waals surface area contributed by atoms with E-state index in [4.69, 9.17) is 9.47 Å². The predicted octanol–water partition coefficient (Wildman–Crippen LogP) is 3.16. The summed E-state index contributed by atoms with van der Waals surface area (Å²) in [6, 6.07) is 9.52. The number of ether oxygens (including phenoxy) is 2. The zero-order chi connectivity index (χ0) is 25.9. The Bertz CT molecular complexity index is 1450. The van der Waals surface area contributed by atoms with Crippen LogP contribution in [0.5, 0.6) is 5.75 Å². The highest BCUT2D eigenvalue weighted by molar-refractivity contribution is 6.06. The van der Waals surface area contributed by atoms with Crippen LogP contribution in [0.3, 0.4) is 0 Å². The summed E-state index contributed by atoms with van der Waals surface area (Å²) < 4.78 is 27.0. The second-order valence-electron chi connectivity index (χ2n) is 9.79. The smallest absolute Gasteiger partial charge is 0.418 e. The molecule has 0 radical (unpaired) electrons. The molecular weight excluding hydrogens is 479 g/mol. The second-order valence-corrected chi connectivity index (χ2v) is 9.79. The number of carbonyl (C=O) groups is 3. The Kier molecular flexibility index (Phi) is 5.29. The molecule has 1 unspecified atom stereocenters. The summed E-state index contributed by atoms with van der Waals surface area (Å²) >= 11 is 0. The van der Waals surface area contributed by atoms with Gasteiger partial charge in [-0.05, 0) is 42.7 Å². The Morgan fingerprint density at radius 1 is 1.16 bits per heavy atom. The van der Waals surface area contributed by atoms with Crippen molar-refractivity contribution in [3.05, 3.63) is 71.3 Å². The Labute approximate surface area is 212 Å². The van der Waals surface area contributed by atoms with E-state index in [2.05, 4.69) is 5.10 Å². The number of rotatable bonds is 3. The van der Waals surface area contributed by atoms with Gasteiger partial charge in [-0.1, -0.05) is 18.2 Å². The number of halogens is 1. The zero-order valence-electron chi connectivity index (χ0n) is 20.4. The number of hydrogen-bond donors (Lipinski definition) is 0. The van der Waals surface area contributed by atoms with Gasteiger partial charge in [0.15, 0.2) is 0 Å². The van der Waals surface area contributed by atoms with E-state index in [1.165, 1.54) is 23.1 Å². The summed E-state index contributed by atoms with van der Waals surface area (Å²) in [6.45, 7) is 1.66. The van der Waals surface area contributed by atoms with Crippen LogP contribution in [-0.4, -0.2) is 56.7 Å². The highest BCUT2D eigenvalue weighted by Gasteiger charge is 2.58. The monoisotopic (exact) mass is 504 g/mol. The van der Waals surface area contributed by atoms with E-state index < -0.39 is 35.9 Å². The number of imide groups is 1. The minimum absolute atomic E-state index is 0.106. The van der Waals surface area contributed by atoms with Crippen LogP contribution in [0, 0.1) is 5.82 Å². The molecule has 0 N–H and O–H groups in total. The minimum atomic E-state index is -1.43. The van der Waals surface area contributed by atoms with E-state index in [-0.39, 0.29) is 19.2 Å². The Hall–Kier alpha value is -4.21. The van der Waals surface area contributed by atoms with E-state index in [1.54, 1.807) is 17.8 Å². The Morgan fingerprint density at radius 2 is 2.00 bits per heavy atom. The number of aromatic nitrogens is 2. The first-order valence-electron chi connectivity index (χ1n) is 12.1. The predicted molar refractivity (Wildman–Crippen MR) is 129 cm³/mol. The fourth-order valence-electron chi connectivity index (χ4n) is 5.42. The van der Waals surface area contributed by atoms with E-state index >= 15 is 0 Å². The van der Waals surface area contributed by atoms with Crippen molar-refractivity contribution in [2.24, 2.45) is 7.05 Å². The summed E-state index contributed by atoms with van der Waals surface area (Å²) in [5, 5.41) is 4.21.